The van der Waals surface area contributed by atoms with Gasteiger partial charge in [0.05, 0.1) is 5.40 Å². The second-order valence-corrected chi connectivity index (χ2v) is 5.67. The topological polar surface area (TPSA) is 17.1 Å². The highest BCUT2D eigenvalue weighted by Crippen LogP contribution is 2.55. The van der Waals surface area contributed by atoms with E-state index in [9.17, 15) is 4.57 Å². The van der Waals surface area contributed by atoms with E-state index in [4.69, 9.17) is 0 Å². The van der Waals surface area contributed by atoms with Gasteiger partial charge in [0.2, 0.25) is 0 Å². The van der Waals surface area contributed by atoms with E-state index in [0.717, 1.165) is 6.42 Å². The van der Waals surface area contributed by atoms with Gasteiger partial charge in [-0.25, -0.2) is 0 Å². The van der Waals surface area contributed by atoms with Crippen LogP contribution < -0.4 is 0 Å². The molecular weight excluding hydrogens is 114 g/mol. The third-order valence-corrected chi connectivity index (χ3v) is 4.68. The Morgan fingerprint density at radius 3 is 2.50 bits per heavy atom. The summed E-state index contributed by atoms with van der Waals surface area (Å²) in [5.41, 5.74) is 0. The first-order chi connectivity index (χ1) is 2.84. The van der Waals surface area contributed by atoms with Gasteiger partial charge in [0.1, 0.15) is 7.09 Å². The molecule has 1 heterocycles. The lowest BCUT2D eigenvalue weighted by Gasteiger charge is -1.72. The van der Waals surface area contributed by atoms with E-state index in [0.29, 0.717) is 5.40 Å². The van der Waals surface area contributed by atoms with Gasteiger partial charge in [0.25, 0.3) is 0 Å². The van der Waals surface area contributed by atoms with Gasteiger partial charge < -0.3 is 0 Å². The molecule has 0 saturated carbocycles. The SMILES string of the molecule is CCC1P=P1=O. The summed E-state index contributed by atoms with van der Waals surface area (Å²) in [5, 5.41) is 0.583. The van der Waals surface area contributed by atoms with Crippen molar-refractivity contribution in [2.75, 3.05) is 0 Å². The van der Waals surface area contributed by atoms with Crippen LogP contribution in [-0.2, 0) is 4.57 Å². The molecule has 6 heavy (non-hydrogen) atoms. The number of hydrogen-bond donors (Lipinski definition) is 0. The van der Waals surface area contributed by atoms with Crippen LogP contribution in [-0.4, -0.2) is 5.40 Å². The molecule has 0 saturated heterocycles. The first-order valence-electron chi connectivity index (χ1n) is 2.01. The fourth-order valence-corrected chi connectivity index (χ4v) is 2.99. The first kappa shape index (κ1) is 4.56. The van der Waals surface area contributed by atoms with Gasteiger partial charge in [-0.1, -0.05) is 6.92 Å². The van der Waals surface area contributed by atoms with Crippen LogP contribution in [0.15, 0.2) is 0 Å². The first-order valence-corrected chi connectivity index (χ1v) is 5.01. The summed E-state index contributed by atoms with van der Waals surface area (Å²) in [4.78, 5) is 0. The summed E-state index contributed by atoms with van der Waals surface area (Å²) in [6.45, 7) is 2.08. The van der Waals surface area contributed by atoms with Crippen LogP contribution in [0.4, 0.5) is 0 Å². The summed E-state index contributed by atoms with van der Waals surface area (Å²) in [5.74, 6) is 0. The zero-order valence-corrected chi connectivity index (χ0v) is 5.38. The van der Waals surface area contributed by atoms with Crippen molar-refractivity contribution in [3.8, 4) is 0 Å². The van der Waals surface area contributed by atoms with Crippen molar-refractivity contribution >= 4 is 15.0 Å². The molecule has 1 aliphatic rings. The van der Waals surface area contributed by atoms with E-state index < -0.39 is 7.09 Å². The molecule has 0 fully saturated rings. The molecule has 1 rings (SSSR count). The van der Waals surface area contributed by atoms with E-state index in [-0.39, 0.29) is 0 Å². The number of rotatable bonds is 1. The van der Waals surface area contributed by atoms with Crippen molar-refractivity contribution in [2.45, 2.75) is 18.7 Å². The second-order valence-electron chi connectivity index (χ2n) is 1.31. The quantitative estimate of drug-likeness (QED) is 0.485. The van der Waals surface area contributed by atoms with Gasteiger partial charge in [-0.15, -0.1) is 0 Å². The Morgan fingerprint density at radius 1 is 2.00 bits per heavy atom. The smallest absolute Gasteiger partial charge is 0.132 e. The van der Waals surface area contributed by atoms with Crippen molar-refractivity contribution < 1.29 is 4.57 Å². The third kappa shape index (κ3) is 0.721. The Labute approximate surface area is 39.2 Å². The van der Waals surface area contributed by atoms with Crippen molar-refractivity contribution in [3.63, 3.8) is 0 Å². The van der Waals surface area contributed by atoms with Crippen LogP contribution in [0.1, 0.15) is 13.3 Å². The molecule has 1 nitrogen and oxygen atoms in total. The van der Waals surface area contributed by atoms with E-state index >= 15 is 0 Å². The molecule has 0 aliphatic carbocycles. The summed E-state index contributed by atoms with van der Waals surface area (Å²) in [6.07, 6.45) is 1.11. The zero-order valence-electron chi connectivity index (χ0n) is 3.59. The van der Waals surface area contributed by atoms with E-state index in [1.165, 1.54) is 7.87 Å². The predicted octanol–water partition coefficient (Wildman–Crippen LogP) is 2.42. The summed E-state index contributed by atoms with van der Waals surface area (Å²) >= 11 is 0. The Hall–Kier alpha value is 0.400. The second kappa shape index (κ2) is 1.48. The standard InChI is InChI=1S/C3H6OP2/c1-2-3-5-6(3)4/h3H,2H2,1H3. The normalized spacial score (nSPS) is 38.2. The molecule has 0 aromatic rings. The maximum atomic E-state index is 10.3. The lowest BCUT2D eigenvalue weighted by Crippen LogP contribution is -1.66. The molecule has 0 amide bonds. The molecule has 0 N–H and O–H groups in total. The summed E-state index contributed by atoms with van der Waals surface area (Å²) in [7, 11) is 0.492. The molecule has 0 spiro atoms. The fraction of sp³-hybridized carbons (Fsp3) is 1.00. The minimum atomic E-state index is -0.712. The average Bonchev–Trinajstić information content (AvgIpc) is 2.19. The predicted molar refractivity (Wildman–Crippen MR) is 28.6 cm³/mol. The summed E-state index contributed by atoms with van der Waals surface area (Å²) in [6, 6.07) is 0. The lowest BCUT2D eigenvalue weighted by atomic mass is 10.6. The van der Waals surface area contributed by atoms with Crippen molar-refractivity contribution in [2.24, 2.45) is 0 Å². The Balaban J connectivity index is 2.36. The van der Waals surface area contributed by atoms with Gasteiger partial charge in [0, 0.05) is 0 Å². The maximum Gasteiger partial charge on any atom is 0.132 e. The van der Waals surface area contributed by atoms with Crippen LogP contribution in [0, 0.1) is 0 Å². The molecule has 0 aromatic carbocycles. The van der Waals surface area contributed by atoms with Crippen LogP contribution in [0.3, 0.4) is 0 Å². The van der Waals surface area contributed by atoms with E-state index in [2.05, 4.69) is 6.92 Å². The van der Waals surface area contributed by atoms with Crippen molar-refractivity contribution in [1.29, 1.82) is 0 Å². The van der Waals surface area contributed by atoms with Gasteiger partial charge in [-0.3, -0.25) is 4.57 Å². The minimum absolute atomic E-state index is 0.583. The fourth-order valence-electron chi connectivity index (χ4n) is 0.339. The van der Waals surface area contributed by atoms with Gasteiger partial charge in [-0.05, 0) is 14.3 Å². The van der Waals surface area contributed by atoms with Crippen molar-refractivity contribution in [3.05, 3.63) is 0 Å². The van der Waals surface area contributed by atoms with Crippen LogP contribution in [0.25, 0.3) is 0 Å². The molecule has 2 unspecified atom stereocenters. The van der Waals surface area contributed by atoms with Crippen molar-refractivity contribution in [1.82, 2.24) is 0 Å². The van der Waals surface area contributed by atoms with Crippen LogP contribution in [0.2, 0.25) is 0 Å². The molecule has 2 atom stereocenters. The number of hydrogen-bond acceptors (Lipinski definition) is 1. The molecule has 0 radical (unpaired) electrons. The Kier molecular flexibility index (Phi) is 1.13. The molecule has 3 heteroatoms. The molecule has 0 bridgehead atoms. The third-order valence-electron chi connectivity index (χ3n) is 0.813. The van der Waals surface area contributed by atoms with Crippen LogP contribution >= 0.6 is 15.0 Å². The van der Waals surface area contributed by atoms with E-state index in [1.54, 1.807) is 0 Å². The lowest BCUT2D eigenvalue weighted by molar-refractivity contribution is 0.598. The zero-order chi connectivity index (χ0) is 4.57. The largest absolute Gasteiger partial charge is 0.277 e. The molecule has 0 aromatic heterocycles. The van der Waals surface area contributed by atoms with E-state index in [1.807, 2.05) is 0 Å². The summed E-state index contributed by atoms with van der Waals surface area (Å²) < 4.78 is 10.3. The molecular formula is C3H6OP2. The highest BCUT2D eigenvalue weighted by molar-refractivity contribution is 8.05. The minimum Gasteiger partial charge on any atom is -0.277 e. The monoisotopic (exact) mass is 120 g/mol. The van der Waals surface area contributed by atoms with Gasteiger partial charge in [0.15, 0.2) is 0 Å². The Bertz CT molecular complexity index is 123. The highest BCUT2D eigenvalue weighted by Gasteiger charge is 2.18. The molecule has 34 valence electrons. The Morgan fingerprint density at radius 2 is 2.50 bits per heavy atom. The van der Waals surface area contributed by atoms with Gasteiger partial charge in [-0.2, -0.15) is 0 Å². The average molecular weight is 120 g/mol. The van der Waals surface area contributed by atoms with Crippen LogP contribution in [0.5, 0.6) is 0 Å². The highest BCUT2D eigenvalue weighted by atomic mass is 31.8. The van der Waals surface area contributed by atoms with Gasteiger partial charge >= 0.3 is 0 Å². The molecule has 1 aliphatic heterocycles. The maximum absolute atomic E-state index is 10.3.